The molecule has 0 saturated carbocycles. The molecule has 2 N–H and O–H groups in total. The molecule has 0 aliphatic rings. The van der Waals surface area contributed by atoms with Crippen molar-refractivity contribution in [3.8, 4) is 5.75 Å². The van der Waals surface area contributed by atoms with E-state index in [1.54, 1.807) is 7.11 Å². The summed E-state index contributed by atoms with van der Waals surface area (Å²) in [5.41, 5.74) is 3.29. The SMILES string of the molecule is CCC(NC(=O)CCc1ccccc1OC)c1c[nH]c2ccccc12.Cl.Cl. The van der Waals surface area contributed by atoms with Gasteiger partial charge in [-0.05, 0) is 36.1 Å². The number of aromatic nitrogens is 1. The number of aryl methyl sites for hydroxylation is 1. The van der Waals surface area contributed by atoms with Crippen molar-refractivity contribution in [1.29, 1.82) is 0 Å². The second-order valence-electron chi connectivity index (χ2n) is 6.13. The summed E-state index contributed by atoms with van der Waals surface area (Å²) < 4.78 is 5.35. The van der Waals surface area contributed by atoms with Gasteiger partial charge >= 0.3 is 0 Å². The lowest BCUT2D eigenvalue weighted by molar-refractivity contribution is -0.121. The van der Waals surface area contributed by atoms with E-state index in [0.717, 1.165) is 28.8 Å². The highest BCUT2D eigenvalue weighted by Crippen LogP contribution is 2.26. The minimum atomic E-state index is 0. The number of aromatic amines is 1. The van der Waals surface area contributed by atoms with Crippen LogP contribution in [0.5, 0.6) is 5.75 Å². The molecule has 0 aliphatic heterocycles. The van der Waals surface area contributed by atoms with E-state index in [4.69, 9.17) is 4.74 Å². The first kappa shape index (κ1) is 22.9. The number of amides is 1. The number of benzene rings is 2. The summed E-state index contributed by atoms with van der Waals surface area (Å²) >= 11 is 0. The molecule has 1 amide bonds. The Labute approximate surface area is 172 Å². The first-order valence-corrected chi connectivity index (χ1v) is 8.70. The molecule has 4 nitrogen and oxygen atoms in total. The second-order valence-corrected chi connectivity index (χ2v) is 6.13. The monoisotopic (exact) mass is 408 g/mol. The summed E-state index contributed by atoms with van der Waals surface area (Å²) in [6.45, 7) is 2.09. The van der Waals surface area contributed by atoms with Crippen LogP contribution in [0.1, 0.15) is 36.9 Å². The Hall–Kier alpha value is -2.17. The molecule has 1 atom stereocenters. The van der Waals surface area contributed by atoms with E-state index in [1.165, 1.54) is 5.39 Å². The van der Waals surface area contributed by atoms with Gasteiger partial charge in [0, 0.05) is 23.5 Å². The highest BCUT2D eigenvalue weighted by molar-refractivity contribution is 5.86. The van der Waals surface area contributed by atoms with Crippen molar-refractivity contribution in [1.82, 2.24) is 10.3 Å². The third-order valence-electron chi connectivity index (χ3n) is 4.55. The van der Waals surface area contributed by atoms with Gasteiger partial charge in [0.25, 0.3) is 0 Å². The lowest BCUT2D eigenvalue weighted by Crippen LogP contribution is -2.28. The molecule has 1 aromatic heterocycles. The maximum absolute atomic E-state index is 12.5. The van der Waals surface area contributed by atoms with Crippen LogP contribution in [-0.2, 0) is 11.2 Å². The number of carbonyl (C=O) groups is 1. The lowest BCUT2D eigenvalue weighted by atomic mass is 10.0. The molecule has 0 radical (unpaired) electrons. The number of methoxy groups -OCH3 is 1. The first-order valence-electron chi connectivity index (χ1n) is 8.70. The fourth-order valence-electron chi connectivity index (χ4n) is 3.21. The van der Waals surface area contributed by atoms with Gasteiger partial charge in [0.05, 0.1) is 13.2 Å². The number of halogens is 2. The van der Waals surface area contributed by atoms with Crippen molar-refractivity contribution in [2.45, 2.75) is 32.2 Å². The molecule has 0 aliphatic carbocycles. The number of rotatable bonds is 7. The van der Waals surface area contributed by atoms with Crippen molar-refractivity contribution in [2.75, 3.05) is 7.11 Å². The highest BCUT2D eigenvalue weighted by Gasteiger charge is 2.16. The zero-order chi connectivity index (χ0) is 17.6. The Morgan fingerprint density at radius 3 is 2.56 bits per heavy atom. The smallest absolute Gasteiger partial charge is 0.220 e. The summed E-state index contributed by atoms with van der Waals surface area (Å²) in [5.74, 6) is 0.891. The molecule has 1 heterocycles. The summed E-state index contributed by atoms with van der Waals surface area (Å²) in [6.07, 6.45) is 3.96. The largest absolute Gasteiger partial charge is 0.496 e. The van der Waals surface area contributed by atoms with E-state index >= 15 is 0 Å². The fourth-order valence-corrected chi connectivity index (χ4v) is 3.21. The van der Waals surface area contributed by atoms with Crippen LogP contribution in [0.25, 0.3) is 10.9 Å². The molecule has 146 valence electrons. The van der Waals surface area contributed by atoms with E-state index in [9.17, 15) is 4.79 Å². The number of nitrogens with one attached hydrogen (secondary N) is 2. The van der Waals surface area contributed by atoms with Gasteiger partial charge in [0.1, 0.15) is 5.75 Å². The van der Waals surface area contributed by atoms with Crippen LogP contribution in [0.15, 0.2) is 54.7 Å². The van der Waals surface area contributed by atoms with Gasteiger partial charge in [-0.2, -0.15) is 0 Å². The van der Waals surface area contributed by atoms with E-state index in [0.29, 0.717) is 12.8 Å². The summed E-state index contributed by atoms with van der Waals surface area (Å²) in [6, 6.07) is 16.0. The van der Waals surface area contributed by atoms with Crippen LogP contribution >= 0.6 is 24.8 Å². The van der Waals surface area contributed by atoms with Crippen molar-refractivity contribution < 1.29 is 9.53 Å². The summed E-state index contributed by atoms with van der Waals surface area (Å²) in [5, 5.41) is 4.34. The molecule has 3 aromatic rings. The molecule has 0 bridgehead atoms. The Kier molecular flexibility index (Phi) is 9.19. The quantitative estimate of drug-likeness (QED) is 0.562. The highest BCUT2D eigenvalue weighted by atomic mass is 35.5. The third kappa shape index (κ3) is 5.41. The van der Waals surface area contributed by atoms with Gasteiger partial charge in [0.15, 0.2) is 0 Å². The van der Waals surface area contributed by atoms with Crippen LogP contribution < -0.4 is 10.1 Å². The molecule has 27 heavy (non-hydrogen) atoms. The number of hydrogen-bond donors (Lipinski definition) is 2. The standard InChI is InChI=1S/C21H24N2O2.2ClH/c1-3-18(17-14-22-19-10-6-5-9-16(17)19)23-21(24)13-12-15-8-4-7-11-20(15)25-2;;/h4-11,14,18,22H,3,12-13H2,1-2H3,(H,23,24);2*1H. The first-order chi connectivity index (χ1) is 12.2. The van der Waals surface area contributed by atoms with E-state index in [2.05, 4.69) is 29.4 Å². The van der Waals surface area contributed by atoms with Crippen LogP contribution in [0.4, 0.5) is 0 Å². The summed E-state index contributed by atoms with van der Waals surface area (Å²) in [7, 11) is 1.66. The molecule has 0 spiro atoms. The van der Waals surface area contributed by atoms with Crippen molar-refractivity contribution in [3.63, 3.8) is 0 Å². The number of H-pyrrole nitrogens is 1. The van der Waals surface area contributed by atoms with Gasteiger partial charge in [-0.1, -0.05) is 43.3 Å². The number of hydrogen-bond acceptors (Lipinski definition) is 2. The number of para-hydroxylation sites is 2. The number of fused-ring (bicyclic) bond motifs is 1. The van der Waals surface area contributed by atoms with Gasteiger partial charge in [0.2, 0.25) is 5.91 Å². The molecule has 0 saturated heterocycles. The average Bonchev–Trinajstić information content (AvgIpc) is 3.08. The van der Waals surface area contributed by atoms with E-state index in [1.807, 2.05) is 42.6 Å². The van der Waals surface area contributed by atoms with Crippen molar-refractivity contribution in [3.05, 3.63) is 65.9 Å². The van der Waals surface area contributed by atoms with Gasteiger partial charge < -0.3 is 15.0 Å². The minimum Gasteiger partial charge on any atom is -0.496 e. The van der Waals surface area contributed by atoms with E-state index in [-0.39, 0.29) is 36.8 Å². The van der Waals surface area contributed by atoms with Gasteiger partial charge in [-0.25, -0.2) is 0 Å². The molecular formula is C21H26Cl2N2O2. The third-order valence-corrected chi connectivity index (χ3v) is 4.55. The molecule has 6 heteroatoms. The Morgan fingerprint density at radius 1 is 1.11 bits per heavy atom. The van der Waals surface area contributed by atoms with Gasteiger partial charge in [-0.15, -0.1) is 24.8 Å². The maximum Gasteiger partial charge on any atom is 0.220 e. The Balaban J connectivity index is 0.00000182. The predicted octanol–water partition coefficient (Wildman–Crippen LogP) is 5.22. The Morgan fingerprint density at radius 2 is 1.81 bits per heavy atom. The van der Waals surface area contributed by atoms with E-state index < -0.39 is 0 Å². The van der Waals surface area contributed by atoms with Gasteiger partial charge in [-0.3, -0.25) is 4.79 Å². The number of ether oxygens (including phenoxy) is 1. The minimum absolute atomic E-state index is 0. The van der Waals surface area contributed by atoms with Crippen LogP contribution in [-0.4, -0.2) is 18.0 Å². The van der Waals surface area contributed by atoms with Crippen molar-refractivity contribution in [2.24, 2.45) is 0 Å². The zero-order valence-electron chi connectivity index (χ0n) is 15.5. The zero-order valence-corrected chi connectivity index (χ0v) is 17.2. The summed E-state index contributed by atoms with van der Waals surface area (Å²) in [4.78, 5) is 15.7. The maximum atomic E-state index is 12.5. The topological polar surface area (TPSA) is 54.1 Å². The lowest BCUT2D eigenvalue weighted by Gasteiger charge is -2.17. The van der Waals surface area contributed by atoms with Crippen LogP contribution in [0.2, 0.25) is 0 Å². The fraction of sp³-hybridized carbons (Fsp3) is 0.286. The molecule has 3 rings (SSSR count). The van der Waals surface area contributed by atoms with Crippen molar-refractivity contribution >= 4 is 41.6 Å². The molecular weight excluding hydrogens is 383 g/mol. The molecule has 1 unspecified atom stereocenters. The second kappa shape index (κ2) is 10.9. The molecule has 2 aromatic carbocycles. The van der Waals surface area contributed by atoms with Crippen LogP contribution in [0.3, 0.4) is 0 Å². The molecule has 0 fully saturated rings. The normalized spacial score (nSPS) is 11.2. The Bertz CT molecular complexity index is 864. The average molecular weight is 409 g/mol. The number of carbonyl (C=O) groups excluding carboxylic acids is 1. The predicted molar refractivity (Wildman–Crippen MR) is 115 cm³/mol. The van der Waals surface area contributed by atoms with Crippen LogP contribution in [0, 0.1) is 0 Å².